The molecule has 1 amide bonds. The van der Waals surface area contributed by atoms with Gasteiger partial charge in [-0.25, -0.2) is 4.98 Å². The average molecular weight is 415 g/mol. The molecule has 3 N–H and O–H groups in total. The summed E-state index contributed by atoms with van der Waals surface area (Å²) in [6.07, 6.45) is 3.23. The second-order valence-corrected chi connectivity index (χ2v) is 7.72. The molecule has 1 fully saturated rings. The predicted molar refractivity (Wildman–Crippen MR) is 103 cm³/mol. The van der Waals surface area contributed by atoms with Crippen molar-refractivity contribution in [1.29, 1.82) is 0 Å². The van der Waals surface area contributed by atoms with Crippen molar-refractivity contribution in [3.63, 3.8) is 0 Å². The largest absolute Gasteiger partial charge is 0.348 e. The van der Waals surface area contributed by atoms with Crippen LogP contribution in [0.5, 0.6) is 0 Å². The third-order valence-corrected chi connectivity index (χ3v) is 6.04. The van der Waals surface area contributed by atoms with Gasteiger partial charge in [-0.05, 0) is 37.4 Å². The number of nitrogens with one attached hydrogen (secondary N) is 1. The van der Waals surface area contributed by atoms with Gasteiger partial charge in [-0.2, -0.15) is 0 Å². The third kappa shape index (κ3) is 4.81. The number of carbonyl (C=O) groups excluding carboxylic acids is 1. The molecule has 1 saturated carbocycles. The molecule has 9 heteroatoms. The predicted octanol–water partition coefficient (Wildman–Crippen LogP) is 4.23. The summed E-state index contributed by atoms with van der Waals surface area (Å²) >= 11 is 8.86. The number of nitrogens with two attached hydrogens (primary N) is 1. The number of rotatable bonds is 4. The van der Waals surface area contributed by atoms with E-state index in [-0.39, 0.29) is 36.8 Å². The van der Waals surface area contributed by atoms with Gasteiger partial charge >= 0.3 is 0 Å². The standard InChI is InChI=1S/C14H16ClN3OS2.2ClH/c15-12-5-4-11(21-12)14-18-10(7-20-14)13(19)17-9-3-1-2-8(9)6-16;;/h4-5,7-9H,1-3,6,16H2,(H,17,19);2*1H. The van der Waals surface area contributed by atoms with Crippen LogP contribution < -0.4 is 11.1 Å². The number of carbonyl (C=O) groups is 1. The van der Waals surface area contributed by atoms with E-state index in [1.165, 1.54) is 22.7 Å². The maximum Gasteiger partial charge on any atom is 0.271 e. The number of aromatic nitrogens is 1. The van der Waals surface area contributed by atoms with Gasteiger partial charge in [0, 0.05) is 11.4 Å². The molecular formula is C14H18Cl3N3OS2. The fraction of sp³-hybridized carbons (Fsp3) is 0.429. The van der Waals surface area contributed by atoms with Crippen molar-refractivity contribution in [3.05, 3.63) is 27.5 Å². The van der Waals surface area contributed by atoms with Crippen molar-refractivity contribution < 1.29 is 4.79 Å². The Kier molecular flexibility index (Phi) is 8.27. The molecule has 23 heavy (non-hydrogen) atoms. The van der Waals surface area contributed by atoms with E-state index in [9.17, 15) is 4.79 Å². The molecule has 0 saturated heterocycles. The normalized spacial score (nSPS) is 19.7. The van der Waals surface area contributed by atoms with Crippen molar-refractivity contribution in [3.8, 4) is 9.88 Å². The number of hydrogen-bond acceptors (Lipinski definition) is 5. The van der Waals surface area contributed by atoms with Gasteiger partial charge in [-0.3, -0.25) is 4.79 Å². The first kappa shape index (κ1) is 20.7. The van der Waals surface area contributed by atoms with E-state index >= 15 is 0 Å². The molecule has 2 aromatic rings. The van der Waals surface area contributed by atoms with E-state index in [4.69, 9.17) is 17.3 Å². The van der Waals surface area contributed by atoms with Gasteiger partial charge in [-0.1, -0.05) is 18.0 Å². The van der Waals surface area contributed by atoms with Gasteiger partial charge in [0.2, 0.25) is 0 Å². The molecule has 4 nitrogen and oxygen atoms in total. The molecule has 0 aliphatic heterocycles. The molecule has 1 aliphatic rings. The Labute approximate surface area is 160 Å². The van der Waals surface area contributed by atoms with E-state index < -0.39 is 0 Å². The zero-order chi connectivity index (χ0) is 14.8. The second kappa shape index (κ2) is 9.20. The van der Waals surface area contributed by atoms with Gasteiger partial charge < -0.3 is 11.1 Å². The van der Waals surface area contributed by atoms with E-state index in [2.05, 4.69) is 10.3 Å². The molecule has 2 heterocycles. The number of thiazole rings is 1. The van der Waals surface area contributed by atoms with Crippen LogP contribution in [0.3, 0.4) is 0 Å². The molecule has 2 aromatic heterocycles. The van der Waals surface area contributed by atoms with Crippen LogP contribution in [0.4, 0.5) is 0 Å². The Morgan fingerprint density at radius 3 is 2.83 bits per heavy atom. The molecule has 0 radical (unpaired) electrons. The number of halogens is 3. The van der Waals surface area contributed by atoms with Crippen LogP contribution in [0.15, 0.2) is 17.5 Å². The van der Waals surface area contributed by atoms with Crippen molar-refractivity contribution in [2.24, 2.45) is 11.7 Å². The highest BCUT2D eigenvalue weighted by Gasteiger charge is 2.28. The van der Waals surface area contributed by atoms with Crippen LogP contribution in [0, 0.1) is 5.92 Å². The Morgan fingerprint density at radius 1 is 1.39 bits per heavy atom. The Bertz CT molecular complexity index is 647. The second-order valence-electron chi connectivity index (χ2n) is 5.15. The van der Waals surface area contributed by atoms with E-state index in [1.807, 2.05) is 12.1 Å². The summed E-state index contributed by atoms with van der Waals surface area (Å²) in [6.45, 7) is 0.626. The zero-order valence-electron chi connectivity index (χ0n) is 12.2. The fourth-order valence-corrected chi connectivity index (χ4v) is 4.59. The molecule has 1 aliphatic carbocycles. The quantitative estimate of drug-likeness (QED) is 0.786. The first-order chi connectivity index (χ1) is 10.2. The highest BCUT2D eigenvalue weighted by atomic mass is 35.5. The fourth-order valence-electron chi connectivity index (χ4n) is 2.67. The van der Waals surface area contributed by atoms with E-state index in [1.54, 1.807) is 5.38 Å². The molecule has 128 valence electrons. The summed E-state index contributed by atoms with van der Waals surface area (Å²) in [4.78, 5) is 17.7. The van der Waals surface area contributed by atoms with Crippen LogP contribution >= 0.6 is 59.1 Å². The minimum atomic E-state index is -0.106. The smallest absolute Gasteiger partial charge is 0.271 e. The zero-order valence-corrected chi connectivity index (χ0v) is 16.2. The lowest BCUT2D eigenvalue weighted by Gasteiger charge is -2.18. The SMILES string of the molecule is Cl.Cl.NCC1CCCC1NC(=O)c1csc(-c2ccc(Cl)s2)n1. The number of amides is 1. The van der Waals surface area contributed by atoms with Crippen molar-refractivity contribution >= 4 is 65.0 Å². The summed E-state index contributed by atoms with van der Waals surface area (Å²) in [6, 6.07) is 3.95. The molecule has 0 bridgehead atoms. The van der Waals surface area contributed by atoms with Crippen LogP contribution in [0.25, 0.3) is 9.88 Å². The average Bonchev–Trinajstić information content (AvgIpc) is 3.17. The number of hydrogen-bond donors (Lipinski definition) is 2. The minimum absolute atomic E-state index is 0. The molecule has 2 unspecified atom stereocenters. The highest BCUT2D eigenvalue weighted by molar-refractivity contribution is 7.23. The van der Waals surface area contributed by atoms with Crippen LogP contribution in [0.1, 0.15) is 29.8 Å². The lowest BCUT2D eigenvalue weighted by atomic mass is 10.0. The molecule has 0 spiro atoms. The number of thiophene rings is 1. The van der Waals surface area contributed by atoms with Gasteiger partial charge in [-0.15, -0.1) is 47.5 Å². The van der Waals surface area contributed by atoms with Crippen molar-refractivity contribution in [1.82, 2.24) is 10.3 Å². The number of nitrogens with zero attached hydrogens (tertiary/aromatic N) is 1. The lowest BCUT2D eigenvalue weighted by molar-refractivity contribution is 0.0924. The molecule has 3 rings (SSSR count). The Hall–Kier alpha value is -0.370. The summed E-state index contributed by atoms with van der Waals surface area (Å²) in [5, 5.41) is 5.70. The van der Waals surface area contributed by atoms with Crippen LogP contribution in [-0.4, -0.2) is 23.5 Å². The molecule has 0 aromatic carbocycles. The monoisotopic (exact) mass is 413 g/mol. The van der Waals surface area contributed by atoms with Gasteiger partial charge in [0.1, 0.15) is 10.7 Å². The summed E-state index contributed by atoms with van der Waals surface area (Å²) < 4.78 is 0.725. The maximum absolute atomic E-state index is 12.3. The topological polar surface area (TPSA) is 68.0 Å². The van der Waals surface area contributed by atoms with E-state index in [0.717, 1.165) is 33.5 Å². The molecule has 2 atom stereocenters. The summed E-state index contributed by atoms with van der Waals surface area (Å²) in [5.74, 6) is 0.286. The van der Waals surface area contributed by atoms with Crippen molar-refractivity contribution in [2.45, 2.75) is 25.3 Å². The third-order valence-electron chi connectivity index (χ3n) is 3.80. The lowest BCUT2D eigenvalue weighted by Crippen LogP contribution is -2.39. The summed E-state index contributed by atoms with van der Waals surface area (Å²) in [5.41, 5.74) is 6.22. The van der Waals surface area contributed by atoms with Crippen LogP contribution in [-0.2, 0) is 0 Å². The van der Waals surface area contributed by atoms with Gasteiger partial charge in [0.15, 0.2) is 0 Å². The van der Waals surface area contributed by atoms with Gasteiger partial charge in [0.05, 0.1) is 9.21 Å². The maximum atomic E-state index is 12.3. The van der Waals surface area contributed by atoms with E-state index in [0.29, 0.717) is 18.2 Å². The highest BCUT2D eigenvalue weighted by Crippen LogP contribution is 2.33. The molecular weight excluding hydrogens is 397 g/mol. The van der Waals surface area contributed by atoms with Gasteiger partial charge in [0.25, 0.3) is 5.91 Å². The Morgan fingerprint density at radius 2 is 2.17 bits per heavy atom. The summed E-state index contributed by atoms with van der Waals surface area (Å²) in [7, 11) is 0. The first-order valence-corrected chi connectivity index (χ1v) is 8.97. The van der Waals surface area contributed by atoms with Crippen LogP contribution in [0.2, 0.25) is 4.34 Å². The van der Waals surface area contributed by atoms with Crippen molar-refractivity contribution in [2.75, 3.05) is 6.54 Å². The first-order valence-electron chi connectivity index (χ1n) is 6.89. The minimum Gasteiger partial charge on any atom is -0.348 e. The Balaban J connectivity index is 0.00000132.